The molecular weight excluding hydrogens is 537 g/mol. The summed E-state index contributed by atoms with van der Waals surface area (Å²) in [6.07, 6.45) is 44.1. The first-order valence-electron chi connectivity index (χ1n) is 19.5. The third-order valence-corrected chi connectivity index (χ3v) is 16.5. The summed E-state index contributed by atoms with van der Waals surface area (Å²) in [5.74, 6) is 9.40. The molecule has 0 aromatic carbocycles. The summed E-state index contributed by atoms with van der Waals surface area (Å²) in [5.41, 5.74) is 8.00. The van der Waals surface area contributed by atoms with Gasteiger partial charge in [-0.25, -0.2) is 0 Å². The van der Waals surface area contributed by atoms with E-state index in [1.807, 2.05) is 16.7 Å². The SMILES string of the molecule is C1=CC2=C(CC1)C1C(CCCC1C1=CC3C(CC1)C(C1CC=CCC1)C1CCCCC1C3C1=C3CCCCC3CCC1)S2. The molecular formula is C42H58S. The maximum Gasteiger partial charge on any atom is 0.0166 e. The molecule has 0 N–H and O–H groups in total. The van der Waals surface area contributed by atoms with Crippen molar-refractivity contribution in [3.05, 3.63) is 57.6 Å². The molecule has 8 aliphatic carbocycles. The summed E-state index contributed by atoms with van der Waals surface area (Å²) in [6.45, 7) is 0. The normalized spacial score (nSPS) is 46.0. The van der Waals surface area contributed by atoms with Crippen LogP contribution in [-0.2, 0) is 0 Å². The second kappa shape index (κ2) is 12.0. The molecule has 1 aliphatic heterocycles. The van der Waals surface area contributed by atoms with Gasteiger partial charge in [0.1, 0.15) is 0 Å². The topological polar surface area (TPSA) is 0 Å². The molecule has 1 heteroatoms. The maximum atomic E-state index is 3.12. The van der Waals surface area contributed by atoms with Gasteiger partial charge in [-0.15, -0.1) is 11.8 Å². The van der Waals surface area contributed by atoms with Gasteiger partial charge in [0.25, 0.3) is 0 Å². The van der Waals surface area contributed by atoms with Crippen molar-refractivity contribution in [2.24, 2.45) is 59.2 Å². The van der Waals surface area contributed by atoms with E-state index < -0.39 is 0 Å². The van der Waals surface area contributed by atoms with Gasteiger partial charge in [0.05, 0.1) is 0 Å². The van der Waals surface area contributed by atoms with Gasteiger partial charge in [0, 0.05) is 10.2 Å². The van der Waals surface area contributed by atoms with E-state index in [0.717, 1.165) is 64.4 Å². The maximum absolute atomic E-state index is 3.12. The fourth-order valence-electron chi connectivity index (χ4n) is 13.5. The van der Waals surface area contributed by atoms with Crippen molar-refractivity contribution in [1.82, 2.24) is 0 Å². The van der Waals surface area contributed by atoms with Crippen LogP contribution in [0.2, 0.25) is 0 Å². The van der Waals surface area contributed by atoms with Crippen LogP contribution >= 0.6 is 11.8 Å². The average molecular weight is 595 g/mol. The molecule has 0 bridgehead atoms. The Morgan fingerprint density at radius 1 is 0.581 bits per heavy atom. The molecule has 9 rings (SSSR count). The Morgan fingerprint density at radius 3 is 2.40 bits per heavy atom. The fraction of sp³-hybridized carbons (Fsp3) is 0.762. The van der Waals surface area contributed by atoms with Crippen LogP contribution in [0.1, 0.15) is 135 Å². The Hall–Kier alpha value is -0.950. The van der Waals surface area contributed by atoms with Gasteiger partial charge in [0.2, 0.25) is 0 Å². The van der Waals surface area contributed by atoms with Crippen molar-refractivity contribution in [2.75, 3.05) is 0 Å². The van der Waals surface area contributed by atoms with Crippen molar-refractivity contribution >= 4 is 11.8 Å². The van der Waals surface area contributed by atoms with Crippen molar-refractivity contribution in [3.63, 3.8) is 0 Å². The summed E-state index contributed by atoms with van der Waals surface area (Å²) < 4.78 is 0. The molecule has 4 fully saturated rings. The molecule has 232 valence electrons. The molecule has 0 aromatic heterocycles. The van der Waals surface area contributed by atoms with Crippen LogP contribution in [0.15, 0.2) is 57.6 Å². The zero-order chi connectivity index (χ0) is 28.3. The minimum Gasteiger partial charge on any atom is -0.122 e. The van der Waals surface area contributed by atoms with E-state index >= 15 is 0 Å². The molecule has 0 amide bonds. The van der Waals surface area contributed by atoms with Gasteiger partial charge >= 0.3 is 0 Å². The molecule has 0 aromatic rings. The Kier molecular flexibility index (Phi) is 7.90. The summed E-state index contributed by atoms with van der Waals surface area (Å²) in [7, 11) is 0. The molecule has 9 aliphatic rings. The van der Waals surface area contributed by atoms with E-state index in [1.54, 1.807) is 17.7 Å². The van der Waals surface area contributed by atoms with Gasteiger partial charge in [-0.1, -0.05) is 78.4 Å². The van der Waals surface area contributed by atoms with Gasteiger partial charge < -0.3 is 0 Å². The number of hydrogen-bond donors (Lipinski definition) is 0. The van der Waals surface area contributed by atoms with Crippen molar-refractivity contribution in [1.29, 1.82) is 0 Å². The summed E-state index contributed by atoms with van der Waals surface area (Å²) in [4.78, 5) is 1.70. The van der Waals surface area contributed by atoms with Crippen LogP contribution in [0.4, 0.5) is 0 Å². The number of rotatable bonds is 3. The standard InChI is InChI=1S/C42H58S/c1-2-13-28(14-3-1)40-33-17-6-7-18-34(33)41(32-21-10-15-27-12-4-5-16-30(27)32)37-26-29(24-25-35(37)40)31-20-11-23-39-42(31)36-19-8-9-22-38(36)43-39/h1-2,9,22,26-28,31,33-35,37,39-42H,3-8,10-21,23-25H2. The Bertz CT molecular complexity index is 1230. The van der Waals surface area contributed by atoms with E-state index in [2.05, 4.69) is 47.7 Å². The lowest BCUT2D eigenvalue weighted by atomic mass is 9.46. The first kappa shape index (κ1) is 28.3. The monoisotopic (exact) mass is 594 g/mol. The number of thioether (sulfide) groups is 1. The van der Waals surface area contributed by atoms with E-state index in [-0.39, 0.29) is 0 Å². The Morgan fingerprint density at radius 2 is 1.47 bits per heavy atom. The first-order chi connectivity index (χ1) is 21.3. The largest absolute Gasteiger partial charge is 0.122 e. The summed E-state index contributed by atoms with van der Waals surface area (Å²) in [5, 5.41) is 0.878. The van der Waals surface area contributed by atoms with E-state index in [9.17, 15) is 0 Å². The highest BCUT2D eigenvalue weighted by molar-refractivity contribution is 8.04. The lowest BCUT2D eigenvalue weighted by molar-refractivity contribution is -0.0506. The molecule has 0 saturated heterocycles. The quantitative estimate of drug-likeness (QED) is 0.293. The highest BCUT2D eigenvalue weighted by Crippen LogP contribution is 2.64. The van der Waals surface area contributed by atoms with Crippen LogP contribution in [0, 0.1) is 59.2 Å². The second-order valence-corrected chi connectivity index (χ2v) is 18.0. The molecule has 0 radical (unpaired) electrons. The summed E-state index contributed by atoms with van der Waals surface area (Å²) >= 11 is 2.29. The summed E-state index contributed by atoms with van der Waals surface area (Å²) in [6, 6.07) is 0. The predicted molar refractivity (Wildman–Crippen MR) is 184 cm³/mol. The van der Waals surface area contributed by atoms with Crippen molar-refractivity contribution in [2.45, 2.75) is 140 Å². The third kappa shape index (κ3) is 4.90. The first-order valence-corrected chi connectivity index (χ1v) is 20.4. The molecule has 11 atom stereocenters. The van der Waals surface area contributed by atoms with Crippen molar-refractivity contribution < 1.29 is 0 Å². The van der Waals surface area contributed by atoms with E-state index in [0.29, 0.717) is 0 Å². The highest BCUT2D eigenvalue weighted by atomic mass is 32.2. The Labute approximate surface area is 267 Å². The molecule has 1 heterocycles. The number of hydrogen-bond acceptors (Lipinski definition) is 1. The van der Waals surface area contributed by atoms with Crippen LogP contribution in [-0.4, -0.2) is 5.25 Å². The van der Waals surface area contributed by atoms with Crippen LogP contribution in [0.3, 0.4) is 0 Å². The molecule has 0 nitrogen and oxygen atoms in total. The van der Waals surface area contributed by atoms with Crippen LogP contribution < -0.4 is 0 Å². The van der Waals surface area contributed by atoms with Gasteiger partial charge in [-0.05, 0) is 168 Å². The van der Waals surface area contributed by atoms with Crippen LogP contribution in [0.25, 0.3) is 0 Å². The Balaban J connectivity index is 1.14. The predicted octanol–water partition coefficient (Wildman–Crippen LogP) is 12.2. The molecule has 11 unspecified atom stereocenters. The lowest BCUT2D eigenvalue weighted by Gasteiger charge is -2.59. The average Bonchev–Trinajstić information content (AvgIpc) is 3.46. The number of allylic oxidation sites excluding steroid dienone is 9. The van der Waals surface area contributed by atoms with Gasteiger partial charge in [0.15, 0.2) is 0 Å². The number of fused-ring (bicyclic) bond motifs is 5. The molecule has 43 heavy (non-hydrogen) atoms. The zero-order valence-corrected chi connectivity index (χ0v) is 27.8. The zero-order valence-electron chi connectivity index (χ0n) is 27.0. The van der Waals surface area contributed by atoms with Gasteiger partial charge in [-0.3, -0.25) is 0 Å². The van der Waals surface area contributed by atoms with Crippen LogP contribution in [0.5, 0.6) is 0 Å². The molecule has 0 spiro atoms. The highest BCUT2D eigenvalue weighted by Gasteiger charge is 2.55. The molecule has 4 saturated carbocycles. The van der Waals surface area contributed by atoms with Crippen molar-refractivity contribution in [3.8, 4) is 0 Å². The minimum atomic E-state index is 0.858. The second-order valence-electron chi connectivity index (χ2n) is 16.7. The minimum absolute atomic E-state index is 0.858. The van der Waals surface area contributed by atoms with E-state index in [1.165, 1.54) is 122 Å². The van der Waals surface area contributed by atoms with Gasteiger partial charge in [-0.2, -0.15) is 0 Å². The lowest BCUT2D eigenvalue weighted by Crippen LogP contribution is -2.52. The fourth-order valence-corrected chi connectivity index (χ4v) is 15.2. The smallest absolute Gasteiger partial charge is 0.0166 e. The third-order valence-electron chi connectivity index (χ3n) is 15.0. The van der Waals surface area contributed by atoms with E-state index in [4.69, 9.17) is 0 Å².